The zero-order valence-electron chi connectivity index (χ0n) is 25.8. The molecule has 4 aliphatic heterocycles. The van der Waals surface area contributed by atoms with Gasteiger partial charge in [-0.05, 0) is 37.3 Å². The van der Waals surface area contributed by atoms with Crippen LogP contribution in [0.3, 0.4) is 0 Å². The molecule has 2 aromatic heterocycles. The summed E-state index contributed by atoms with van der Waals surface area (Å²) in [4.78, 5) is 17.3. The van der Waals surface area contributed by atoms with Gasteiger partial charge in [0.2, 0.25) is 0 Å². The molecule has 4 aromatic rings. The number of rotatable bonds is 5. The summed E-state index contributed by atoms with van der Waals surface area (Å²) in [7, 11) is 0. The SMILES string of the molecule is C#Cc1c(F)ccc2cccc(-c3nc4c5c(nc(OC[C@@]67CCCN6C[C@H](F)C7)nc5c3F)N3C[C@@H](CC)NC[C@H]3CC4(F)F)c12. The smallest absolute Gasteiger partial charge is 0.319 e. The Hall–Kier alpha value is -4.08. The maximum absolute atomic E-state index is 17.0. The second kappa shape index (κ2) is 11.0. The third-order valence-corrected chi connectivity index (χ3v) is 10.5. The Labute approximate surface area is 268 Å². The van der Waals surface area contributed by atoms with E-state index >= 15 is 13.2 Å². The van der Waals surface area contributed by atoms with Crippen LogP contribution in [0.15, 0.2) is 30.3 Å². The van der Waals surface area contributed by atoms with Gasteiger partial charge in [-0.2, -0.15) is 18.7 Å². The van der Waals surface area contributed by atoms with E-state index in [0.717, 1.165) is 25.8 Å². The van der Waals surface area contributed by atoms with E-state index in [4.69, 9.17) is 11.2 Å². The lowest BCUT2D eigenvalue weighted by Crippen LogP contribution is -2.57. The largest absolute Gasteiger partial charge is 0.461 e. The number of aromatic nitrogens is 3. The fraction of sp³-hybridized carbons (Fsp3) is 0.457. The first-order valence-corrected chi connectivity index (χ1v) is 16.1. The number of hydrogen-bond acceptors (Lipinski definition) is 7. The molecular formula is C35H33F5N6O. The van der Waals surface area contributed by atoms with Gasteiger partial charge in [0.25, 0.3) is 5.92 Å². The topological polar surface area (TPSA) is 66.4 Å². The molecule has 0 unspecified atom stereocenters. The molecule has 47 heavy (non-hydrogen) atoms. The second-order valence-electron chi connectivity index (χ2n) is 13.2. The average Bonchev–Trinajstić information content (AvgIpc) is 3.56. The highest BCUT2D eigenvalue weighted by Gasteiger charge is 2.50. The standard InChI is InChI=1S/C35H33F5N6O/c1-3-21-17-46-22(15-41-21)14-35(39,40)31-27-30(43-33(44-32(27)46)47-18-34-11-6-12-45(34)16-20(36)13-34)28(38)29(42-31)24-8-5-7-19-9-10-25(37)23(4-2)26(19)24/h2,5,7-10,20-22,41H,3,6,11-18H2,1H3/t20-,21-,22-,34+/m1/s1. The van der Waals surface area contributed by atoms with Crippen LogP contribution in [0, 0.1) is 24.0 Å². The van der Waals surface area contributed by atoms with Crippen LogP contribution < -0.4 is 15.0 Å². The van der Waals surface area contributed by atoms with Crippen molar-refractivity contribution >= 4 is 27.5 Å². The van der Waals surface area contributed by atoms with Crippen LogP contribution in [0.5, 0.6) is 6.01 Å². The first-order valence-electron chi connectivity index (χ1n) is 16.1. The summed E-state index contributed by atoms with van der Waals surface area (Å²) < 4.78 is 85.4. The van der Waals surface area contributed by atoms with E-state index in [2.05, 4.69) is 31.1 Å². The van der Waals surface area contributed by atoms with Crippen LogP contribution in [-0.2, 0) is 5.92 Å². The molecule has 1 N–H and O–H groups in total. The lowest BCUT2D eigenvalue weighted by molar-refractivity contribution is -0.0231. The Balaban J connectivity index is 1.36. The van der Waals surface area contributed by atoms with E-state index in [1.165, 1.54) is 18.2 Å². The molecule has 6 heterocycles. The van der Waals surface area contributed by atoms with Crippen LogP contribution >= 0.6 is 0 Å². The number of anilines is 1. The van der Waals surface area contributed by atoms with Crippen molar-refractivity contribution in [1.29, 1.82) is 0 Å². The lowest BCUT2D eigenvalue weighted by atomic mass is 9.95. The first kappa shape index (κ1) is 30.3. The van der Waals surface area contributed by atoms with Gasteiger partial charge in [-0.3, -0.25) is 4.90 Å². The molecular weight excluding hydrogens is 615 g/mol. The molecule has 2 aromatic carbocycles. The van der Waals surface area contributed by atoms with Crippen molar-refractivity contribution in [1.82, 2.24) is 25.2 Å². The van der Waals surface area contributed by atoms with Crippen LogP contribution in [0.2, 0.25) is 0 Å². The van der Waals surface area contributed by atoms with Gasteiger partial charge in [0.15, 0.2) is 5.82 Å². The molecule has 4 aliphatic rings. The van der Waals surface area contributed by atoms with E-state index in [1.54, 1.807) is 17.0 Å². The zero-order chi connectivity index (χ0) is 32.7. The molecule has 0 aliphatic carbocycles. The molecule has 3 saturated heterocycles. The number of nitrogens with zero attached hydrogens (tertiary/aromatic N) is 5. The van der Waals surface area contributed by atoms with E-state index in [0.29, 0.717) is 24.9 Å². The van der Waals surface area contributed by atoms with Crippen molar-refractivity contribution in [3.05, 3.63) is 53.2 Å². The summed E-state index contributed by atoms with van der Waals surface area (Å²) >= 11 is 0. The number of pyridine rings is 1. The molecule has 4 atom stereocenters. The lowest BCUT2D eigenvalue weighted by Gasteiger charge is -2.41. The molecule has 0 bridgehead atoms. The van der Waals surface area contributed by atoms with Gasteiger partial charge in [0.05, 0.1) is 16.5 Å². The van der Waals surface area contributed by atoms with E-state index in [9.17, 15) is 8.78 Å². The Bertz CT molecular complexity index is 1970. The minimum Gasteiger partial charge on any atom is -0.461 e. The molecule has 0 amide bonds. The number of halogens is 5. The van der Waals surface area contributed by atoms with Gasteiger partial charge < -0.3 is 15.0 Å². The molecule has 0 saturated carbocycles. The van der Waals surface area contributed by atoms with Crippen molar-refractivity contribution in [2.75, 3.05) is 37.7 Å². The summed E-state index contributed by atoms with van der Waals surface area (Å²) in [6.45, 7) is 3.78. The fourth-order valence-electron chi connectivity index (χ4n) is 8.16. The Morgan fingerprint density at radius 3 is 2.74 bits per heavy atom. The van der Waals surface area contributed by atoms with Crippen LogP contribution in [0.1, 0.15) is 50.3 Å². The summed E-state index contributed by atoms with van der Waals surface area (Å²) in [6, 6.07) is 6.63. The minimum absolute atomic E-state index is 0.00781. The second-order valence-corrected chi connectivity index (χ2v) is 13.2. The molecule has 12 heteroatoms. The van der Waals surface area contributed by atoms with Crippen LogP contribution in [0.4, 0.5) is 27.8 Å². The number of terminal acetylenes is 1. The summed E-state index contributed by atoms with van der Waals surface area (Å²) in [5.41, 5.74) is -2.03. The molecule has 0 radical (unpaired) electrons. The fourth-order valence-corrected chi connectivity index (χ4v) is 8.16. The van der Waals surface area contributed by atoms with Gasteiger partial charge in [0.1, 0.15) is 41.3 Å². The maximum atomic E-state index is 17.0. The number of ether oxygens (including phenoxy) is 1. The van der Waals surface area contributed by atoms with Crippen molar-refractivity contribution in [3.63, 3.8) is 0 Å². The van der Waals surface area contributed by atoms with E-state index in [1.807, 2.05) is 6.92 Å². The highest BCUT2D eigenvalue weighted by molar-refractivity contribution is 6.03. The van der Waals surface area contributed by atoms with Crippen molar-refractivity contribution < 1.29 is 26.7 Å². The summed E-state index contributed by atoms with van der Waals surface area (Å²) in [5.74, 6) is -2.70. The van der Waals surface area contributed by atoms with Gasteiger partial charge in [-0.15, -0.1) is 6.42 Å². The predicted molar refractivity (Wildman–Crippen MR) is 168 cm³/mol. The van der Waals surface area contributed by atoms with Gasteiger partial charge in [-0.1, -0.05) is 37.1 Å². The zero-order valence-corrected chi connectivity index (χ0v) is 25.8. The number of hydrogen-bond donors (Lipinski definition) is 1. The summed E-state index contributed by atoms with van der Waals surface area (Å²) in [6.07, 6.45) is 6.79. The maximum Gasteiger partial charge on any atom is 0.319 e. The number of nitrogens with one attached hydrogen (secondary N) is 1. The third kappa shape index (κ3) is 4.72. The molecule has 0 spiro atoms. The number of fused-ring (bicyclic) bond motifs is 4. The monoisotopic (exact) mass is 648 g/mol. The van der Waals surface area contributed by atoms with Crippen LogP contribution in [-0.4, -0.2) is 76.4 Å². The normalized spacial score (nSPS) is 26.7. The Morgan fingerprint density at radius 2 is 1.94 bits per heavy atom. The van der Waals surface area contributed by atoms with Gasteiger partial charge in [0, 0.05) is 55.5 Å². The highest BCUT2D eigenvalue weighted by atomic mass is 19.3. The van der Waals surface area contributed by atoms with Crippen molar-refractivity contribution in [3.8, 4) is 29.6 Å². The number of piperazine rings is 1. The molecule has 7 nitrogen and oxygen atoms in total. The van der Waals surface area contributed by atoms with Gasteiger partial charge >= 0.3 is 6.01 Å². The van der Waals surface area contributed by atoms with Crippen LogP contribution in [0.25, 0.3) is 32.9 Å². The van der Waals surface area contributed by atoms with E-state index < -0.39 is 53.1 Å². The Kier molecular flexibility index (Phi) is 7.08. The van der Waals surface area contributed by atoms with Gasteiger partial charge in [-0.25, -0.2) is 18.2 Å². The molecule has 8 rings (SSSR count). The first-order chi connectivity index (χ1) is 22.6. The number of benzene rings is 2. The molecule has 3 fully saturated rings. The third-order valence-electron chi connectivity index (χ3n) is 10.5. The van der Waals surface area contributed by atoms with Crippen molar-refractivity contribution in [2.45, 2.75) is 68.7 Å². The van der Waals surface area contributed by atoms with E-state index in [-0.39, 0.29) is 58.4 Å². The quantitative estimate of drug-likeness (QED) is 0.207. The minimum atomic E-state index is -3.49. The molecule has 244 valence electrons. The predicted octanol–water partition coefficient (Wildman–Crippen LogP) is 6.11. The number of alkyl halides is 3. The van der Waals surface area contributed by atoms with Crippen molar-refractivity contribution in [2.24, 2.45) is 0 Å². The average molecular weight is 649 g/mol. The highest BCUT2D eigenvalue weighted by Crippen LogP contribution is 2.48. The summed E-state index contributed by atoms with van der Waals surface area (Å²) in [5, 5.41) is 3.85. The Morgan fingerprint density at radius 1 is 1.09 bits per heavy atom.